The first-order valence-electron chi connectivity index (χ1n) is 7.53. The van der Waals surface area contributed by atoms with Crippen molar-refractivity contribution in [2.24, 2.45) is 0 Å². The Morgan fingerprint density at radius 3 is 2.88 bits per heavy atom. The predicted octanol–water partition coefficient (Wildman–Crippen LogP) is 1.34. The largest absolute Gasteiger partial charge is 0.424 e. The van der Waals surface area contributed by atoms with Gasteiger partial charge < -0.3 is 21.0 Å². The molecule has 0 saturated carbocycles. The van der Waals surface area contributed by atoms with Crippen LogP contribution in [0.1, 0.15) is 6.92 Å². The lowest BCUT2D eigenvalue weighted by molar-refractivity contribution is 0.177. The fourth-order valence-electron chi connectivity index (χ4n) is 2.71. The van der Waals surface area contributed by atoms with Gasteiger partial charge in [0.2, 0.25) is 5.54 Å². The summed E-state index contributed by atoms with van der Waals surface area (Å²) < 4.78 is 6.85. The van der Waals surface area contributed by atoms with Gasteiger partial charge in [0.1, 0.15) is 30.0 Å². The van der Waals surface area contributed by atoms with E-state index in [2.05, 4.69) is 27.0 Å². The summed E-state index contributed by atoms with van der Waals surface area (Å²) in [5.74, 6) is 0.291. The monoisotopic (exact) mass is 338 g/mol. The number of aliphatic hydroxyl groups excluding tert-OH is 1. The third kappa shape index (κ3) is 2.24. The standard InChI is InChI=1S/C16H16N7O2/c1-16(2,6-24)23-14-11(13(17)19-7-20-14)12(22-23)8-3-4-10-9(5-8)21-15(18)25-10/h3-5,7,24H,1,6H2,2H3,(H2,18,21)(H2,17,19,20)/q+1. The molecule has 0 spiro atoms. The highest BCUT2D eigenvalue weighted by Gasteiger charge is 2.32. The van der Waals surface area contributed by atoms with Crippen LogP contribution in [0.15, 0.2) is 28.9 Å². The Hall–Kier alpha value is -3.33. The van der Waals surface area contributed by atoms with Gasteiger partial charge in [-0.1, -0.05) is 0 Å². The topological polar surface area (TPSA) is 142 Å². The zero-order valence-electron chi connectivity index (χ0n) is 13.5. The van der Waals surface area contributed by atoms with Crippen molar-refractivity contribution in [2.75, 3.05) is 18.1 Å². The molecule has 0 bridgehead atoms. The molecule has 0 aliphatic heterocycles. The van der Waals surface area contributed by atoms with E-state index in [9.17, 15) is 5.11 Å². The van der Waals surface area contributed by atoms with Crippen LogP contribution in [0, 0.1) is 6.92 Å². The number of anilines is 2. The summed E-state index contributed by atoms with van der Waals surface area (Å²) in [6.07, 6.45) is 1.36. The summed E-state index contributed by atoms with van der Waals surface area (Å²) in [4.78, 5) is 12.5. The van der Waals surface area contributed by atoms with E-state index in [0.29, 0.717) is 33.6 Å². The van der Waals surface area contributed by atoms with Gasteiger partial charge in [0.25, 0.3) is 6.01 Å². The van der Waals surface area contributed by atoms with E-state index < -0.39 is 5.54 Å². The van der Waals surface area contributed by atoms with E-state index in [1.807, 2.05) is 6.07 Å². The minimum absolute atomic E-state index is 0.0935. The molecule has 0 aliphatic rings. The number of aromatic nitrogens is 5. The van der Waals surface area contributed by atoms with Crippen molar-refractivity contribution >= 4 is 34.0 Å². The molecule has 0 fully saturated rings. The lowest BCUT2D eigenvalue weighted by Crippen LogP contribution is -2.32. The van der Waals surface area contributed by atoms with E-state index in [0.717, 1.165) is 5.56 Å². The lowest BCUT2D eigenvalue weighted by atomic mass is 10.1. The first-order valence-corrected chi connectivity index (χ1v) is 7.53. The number of aliphatic hydroxyl groups is 1. The van der Waals surface area contributed by atoms with E-state index in [4.69, 9.17) is 15.9 Å². The molecule has 0 aliphatic carbocycles. The number of rotatable bonds is 3. The lowest BCUT2D eigenvalue weighted by Gasteiger charge is -2.15. The van der Waals surface area contributed by atoms with Crippen molar-refractivity contribution in [3.63, 3.8) is 0 Å². The summed E-state index contributed by atoms with van der Waals surface area (Å²) in [6.45, 7) is 5.54. The summed E-state index contributed by atoms with van der Waals surface area (Å²) >= 11 is 0. The van der Waals surface area contributed by atoms with Gasteiger partial charge >= 0.3 is 0 Å². The number of benzene rings is 1. The first-order chi connectivity index (χ1) is 11.9. The average Bonchev–Trinajstić information content (AvgIpc) is 3.15. The van der Waals surface area contributed by atoms with Crippen molar-refractivity contribution in [3.8, 4) is 11.3 Å². The maximum Gasteiger partial charge on any atom is 0.292 e. The van der Waals surface area contributed by atoms with Crippen LogP contribution in [0.3, 0.4) is 0 Å². The Balaban J connectivity index is 2.03. The highest BCUT2D eigenvalue weighted by molar-refractivity contribution is 5.99. The van der Waals surface area contributed by atoms with Gasteiger partial charge in [-0.2, -0.15) is 14.8 Å². The van der Waals surface area contributed by atoms with Crippen molar-refractivity contribution in [1.29, 1.82) is 0 Å². The number of nitrogens with zero attached hydrogens (tertiary/aromatic N) is 5. The number of fused-ring (bicyclic) bond motifs is 2. The predicted molar refractivity (Wildman–Crippen MR) is 93.2 cm³/mol. The second-order valence-electron chi connectivity index (χ2n) is 6.11. The summed E-state index contributed by atoms with van der Waals surface area (Å²) in [6, 6.07) is 5.47. The summed E-state index contributed by atoms with van der Waals surface area (Å²) in [5.41, 5.74) is 13.8. The molecule has 9 heteroatoms. The molecule has 4 rings (SSSR count). The van der Waals surface area contributed by atoms with Crippen LogP contribution in [0.4, 0.5) is 11.8 Å². The zero-order chi connectivity index (χ0) is 17.8. The molecule has 4 aromatic rings. The van der Waals surface area contributed by atoms with Crippen LogP contribution in [0.5, 0.6) is 0 Å². The van der Waals surface area contributed by atoms with Crippen LogP contribution in [0.25, 0.3) is 33.4 Å². The van der Waals surface area contributed by atoms with E-state index >= 15 is 0 Å². The van der Waals surface area contributed by atoms with Crippen molar-refractivity contribution < 1.29 is 9.52 Å². The van der Waals surface area contributed by atoms with Gasteiger partial charge in [-0.25, -0.2) is 9.97 Å². The highest BCUT2D eigenvalue weighted by atomic mass is 16.4. The van der Waals surface area contributed by atoms with Crippen LogP contribution in [-0.4, -0.2) is 36.4 Å². The van der Waals surface area contributed by atoms with Gasteiger partial charge in [0.05, 0.1) is 12.3 Å². The molecule has 1 aromatic carbocycles. The minimum Gasteiger partial charge on any atom is -0.424 e. The fraction of sp³-hybridized carbons (Fsp3) is 0.188. The molecule has 1 unspecified atom stereocenters. The van der Waals surface area contributed by atoms with E-state index in [1.165, 1.54) is 6.33 Å². The minimum atomic E-state index is -0.903. The Labute approximate surface area is 142 Å². The van der Waals surface area contributed by atoms with Gasteiger partial charge in [-0.05, 0) is 18.2 Å². The second kappa shape index (κ2) is 5.08. The van der Waals surface area contributed by atoms with Crippen LogP contribution in [0.2, 0.25) is 0 Å². The first kappa shape index (κ1) is 15.2. The fourth-order valence-corrected chi connectivity index (χ4v) is 2.71. The normalized spacial score (nSPS) is 14.2. The van der Waals surface area contributed by atoms with Gasteiger partial charge in [-0.3, -0.25) is 0 Å². The van der Waals surface area contributed by atoms with Crippen molar-refractivity contribution in [3.05, 3.63) is 31.5 Å². The smallest absolute Gasteiger partial charge is 0.292 e. The molecular formula is C16H16N7O2+. The molecule has 1 atom stereocenters. The number of nitrogens with two attached hydrogens (primary N) is 2. The second-order valence-corrected chi connectivity index (χ2v) is 6.11. The van der Waals surface area contributed by atoms with Gasteiger partial charge in [-0.15, -0.1) is 0 Å². The summed E-state index contributed by atoms with van der Waals surface area (Å²) in [7, 11) is 0. The SMILES string of the molecule is [CH2+]C(C)(CO)n1nc(-c2ccc3oc(N)nc3c2)c2c(N)ncnc21. The maximum absolute atomic E-state index is 9.67. The average molecular weight is 338 g/mol. The molecule has 3 aromatic heterocycles. The van der Waals surface area contributed by atoms with E-state index in [-0.39, 0.29) is 12.6 Å². The molecule has 0 radical (unpaired) electrons. The quantitative estimate of drug-likeness (QED) is 0.475. The van der Waals surface area contributed by atoms with Crippen molar-refractivity contribution in [2.45, 2.75) is 12.5 Å². The molecule has 0 saturated heterocycles. The zero-order valence-corrected chi connectivity index (χ0v) is 13.5. The molecule has 9 nitrogen and oxygen atoms in total. The Kier molecular flexibility index (Phi) is 3.09. The maximum atomic E-state index is 9.67. The third-order valence-corrected chi connectivity index (χ3v) is 4.02. The third-order valence-electron chi connectivity index (χ3n) is 4.02. The molecular weight excluding hydrogens is 322 g/mol. The molecule has 0 amide bonds. The molecule has 126 valence electrons. The van der Waals surface area contributed by atoms with Crippen LogP contribution >= 0.6 is 0 Å². The van der Waals surface area contributed by atoms with Crippen molar-refractivity contribution in [1.82, 2.24) is 24.7 Å². The molecule has 25 heavy (non-hydrogen) atoms. The van der Waals surface area contributed by atoms with Crippen LogP contribution in [-0.2, 0) is 5.54 Å². The number of hydrogen-bond donors (Lipinski definition) is 3. The Morgan fingerprint density at radius 1 is 1.32 bits per heavy atom. The Morgan fingerprint density at radius 2 is 2.12 bits per heavy atom. The van der Waals surface area contributed by atoms with Crippen LogP contribution < -0.4 is 11.5 Å². The number of oxazole rings is 1. The Bertz CT molecular complexity index is 1100. The van der Waals surface area contributed by atoms with Gasteiger partial charge in [0, 0.05) is 12.5 Å². The van der Waals surface area contributed by atoms with E-state index in [1.54, 1.807) is 23.7 Å². The van der Waals surface area contributed by atoms with Gasteiger partial charge in [0.15, 0.2) is 11.2 Å². The highest BCUT2D eigenvalue weighted by Crippen LogP contribution is 2.34. The molecule has 5 N–H and O–H groups in total. The number of nitrogen functional groups attached to an aromatic ring is 2. The molecule has 3 heterocycles. The number of hydrogen-bond acceptors (Lipinski definition) is 8. The summed E-state index contributed by atoms with van der Waals surface area (Å²) in [5, 5.41) is 14.8.